The normalized spacial score (nSPS) is 37.1. The summed E-state index contributed by atoms with van der Waals surface area (Å²) in [6.07, 6.45) is 2.08. The molecule has 2 fully saturated rings. The van der Waals surface area contributed by atoms with E-state index >= 15 is 0 Å². The summed E-state index contributed by atoms with van der Waals surface area (Å²) >= 11 is 0. The summed E-state index contributed by atoms with van der Waals surface area (Å²) in [7, 11) is -1.78. The molecular formula is C17H32O3Si. The molecule has 21 heavy (non-hydrogen) atoms. The predicted molar refractivity (Wildman–Crippen MR) is 87.6 cm³/mol. The van der Waals surface area contributed by atoms with E-state index in [4.69, 9.17) is 4.43 Å². The van der Waals surface area contributed by atoms with Crippen LogP contribution in [0.5, 0.6) is 0 Å². The van der Waals surface area contributed by atoms with Crippen molar-refractivity contribution in [3.63, 3.8) is 0 Å². The average Bonchev–Trinajstić information content (AvgIpc) is 2.79. The summed E-state index contributed by atoms with van der Waals surface area (Å²) in [6.45, 7) is 13.9. The van der Waals surface area contributed by atoms with E-state index in [-0.39, 0.29) is 23.0 Å². The fourth-order valence-electron chi connectivity index (χ4n) is 3.91. The van der Waals surface area contributed by atoms with Crippen LogP contribution in [0.4, 0.5) is 0 Å². The maximum atomic E-state index is 12.1. The lowest BCUT2D eigenvalue weighted by atomic mass is 9.88. The van der Waals surface area contributed by atoms with Crippen molar-refractivity contribution in [2.75, 3.05) is 6.61 Å². The SMILES string of the molecule is CCC1C(=O)C[C@@H]2[C@@H](CO[Si](C)(C)C(C)(C)C)[C@H](O)C[C@H]12. The van der Waals surface area contributed by atoms with Crippen molar-refractivity contribution in [2.24, 2.45) is 23.7 Å². The van der Waals surface area contributed by atoms with Crippen LogP contribution in [-0.2, 0) is 9.22 Å². The van der Waals surface area contributed by atoms with Gasteiger partial charge in [-0.1, -0.05) is 27.7 Å². The molecule has 1 unspecified atom stereocenters. The van der Waals surface area contributed by atoms with Gasteiger partial charge in [0.05, 0.1) is 6.10 Å². The Bertz CT molecular complexity index is 399. The molecule has 0 amide bonds. The van der Waals surface area contributed by atoms with Crippen LogP contribution in [0.3, 0.4) is 0 Å². The first-order valence-corrected chi connectivity index (χ1v) is 11.3. The van der Waals surface area contributed by atoms with E-state index in [0.717, 1.165) is 12.8 Å². The molecule has 0 radical (unpaired) electrons. The summed E-state index contributed by atoms with van der Waals surface area (Å²) in [5, 5.41) is 10.6. The summed E-state index contributed by atoms with van der Waals surface area (Å²) in [4.78, 5) is 12.1. The summed E-state index contributed by atoms with van der Waals surface area (Å²) in [5.74, 6) is 1.50. The van der Waals surface area contributed by atoms with E-state index in [1.54, 1.807) is 0 Å². The van der Waals surface area contributed by atoms with Crippen LogP contribution in [0, 0.1) is 23.7 Å². The molecule has 0 aromatic rings. The molecule has 2 aliphatic carbocycles. The molecule has 0 bridgehead atoms. The molecular weight excluding hydrogens is 280 g/mol. The van der Waals surface area contributed by atoms with Crippen molar-refractivity contribution < 1.29 is 14.3 Å². The van der Waals surface area contributed by atoms with Crippen LogP contribution in [0.2, 0.25) is 18.1 Å². The van der Waals surface area contributed by atoms with Crippen LogP contribution in [0.1, 0.15) is 47.0 Å². The number of rotatable bonds is 4. The van der Waals surface area contributed by atoms with Gasteiger partial charge in [-0.05, 0) is 42.8 Å². The van der Waals surface area contributed by atoms with E-state index in [1.807, 2.05) is 0 Å². The van der Waals surface area contributed by atoms with Gasteiger partial charge in [-0.3, -0.25) is 4.79 Å². The molecule has 0 heterocycles. The smallest absolute Gasteiger partial charge is 0.191 e. The molecule has 2 aliphatic rings. The quantitative estimate of drug-likeness (QED) is 0.807. The highest BCUT2D eigenvalue weighted by molar-refractivity contribution is 6.74. The first-order chi connectivity index (χ1) is 9.58. The first-order valence-electron chi connectivity index (χ1n) is 8.43. The minimum absolute atomic E-state index is 0.157. The van der Waals surface area contributed by atoms with Gasteiger partial charge in [0.1, 0.15) is 5.78 Å². The fourth-order valence-corrected chi connectivity index (χ4v) is 4.95. The third kappa shape index (κ3) is 3.13. The molecule has 2 saturated carbocycles. The van der Waals surface area contributed by atoms with Gasteiger partial charge in [0.2, 0.25) is 0 Å². The number of carbonyl (C=O) groups is 1. The number of aliphatic hydroxyl groups excluding tert-OH is 1. The van der Waals surface area contributed by atoms with Crippen molar-refractivity contribution in [2.45, 2.75) is 71.2 Å². The molecule has 1 N–H and O–H groups in total. The lowest BCUT2D eigenvalue weighted by Crippen LogP contribution is -2.43. The van der Waals surface area contributed by atoms with Gasteiger partial charge in [0.15, 0.2) is 8.32 Å². The molecule has 4 heteroatoms. The van der Waals surface area contributed by atoms with Crippen LogP contribution in [0.15, 0.2) is 0 Å². The van der Waals surface area contributed by atoms with Crippen LogP contribution in [-0.4, -0.2) is 31.9 Å². The van der Waals surface area contributed by atoms with Gasteiger partial charge in [0.25, 0.3) is 0 Å². The number of carbonyl (C=O) groups excluding carboxylic acids is 1. The Kier molecular flexibility index (Phi) is 4.73. The Morgan fingerprint density at radius 1 is 1.29 bits per heavy atom. The van der Waals surface area contributed by atoms with Crippen LogP contribution in [0.25, 0.3) is 0 Å². The molecule has 0 saturated heterocycles. The summed E-state index contributed by atoms with van der Waals surface area (Å²) in [5.41, 5.74) is 0. The third-order valence-corrected chi connectivity index (χ3v) is 10.9. The van der Waals surface area contributed by atoms with Gasteiger partial charge >= 0.3 is 0 Å². The Hall–Kier alpha value is -0.193. The van der Waals surface area contributed by atoms with Gasteiger partial charge in [-0.15, -0.1) is 0 Å². The average molecular weight is 313 g/mol. The highest BCUT2D eigenvalue weighted by Gasteiger charge is 2.52. The lowest BCUT2D eigenvalue weighted by molar-refractivity contribution is -0.121. The monoisotopic (exact) mass is 312 g/mol. The van der Waals surface area contributed by atoms with E-state index < -0.39 is 8.32 Å². The molecule has 0 aromatic heterocycles. The third-order valence-electron chi connectivity index (χ3n) is 6.36. The van der Waals surface area contributed by atoms with E-state index in [9.17, 15) is 9.90 Å². The van der Waals surface area contributed by atoms with E-state index in [2.05, 4.69) is 40.8 Å². The van der Waals surface area contributed by atoms with Crippen molar-refractivity contribution in [3.05, 3.63) is 0 Å². The Labute approximate surface area is 130 Å². The largest absolute Gasteiger partial charge is 0.416 e. The zero-order valence-corrected chi connectivity index (χ0v) is 15.5. The standard InChI is InChI=1S/C17H32O3Si/c1-7-11-12-8-16(19)14(13(12)9-15(11)18)10-20-21(5,6)17(2,3)4/h11-14,16,19H,7-10H2,1-6H3/t11?,12-,13+,14-,16-/m1/s1. The van der Waals surface area contributed by atoms with Crippen molar-refractivity contribution in [3.8, 4) is 0 Å². The summed E-state index contributed by atoms with van der Waals surface area (Å²) < 4.78 is 6.33. The second-order valence-electron chi connectivity index (χ2n) is 8.55. The van der Waals surface area contributed by atoms with Crippen LogP contribution < -0.4 is 0 Å². The van der Waals surface area contributed by atoms with Gasteiger partial charge in [-0.2, -0.15) is 0 Å². The van der Waals surface area contributed by atoms with Crippen molar-refractivity contribution in [1.82, 2.24) is 0 Å². The first kappa shape index (κ1) is 17.2. The van der Waals surface area contributed by atoms with Gasteiger partial charge in [0, 0.05) is 24.9 Å². The maximum Gasteiger partial charge on any atom is 0.191 e. The number of ketones is 1. The Balaban J connectivity index is 2.03. The number of hydrogen-bond acceptors (Lipinski definition) is 3. The van der Waals surface area contributed by atoms with Gasteiger partial charge < -0.3 is 9.53 Å². The number of aliphatic hydroxyl groups is 1. The van der Waals surface area contributed by atoms with E-state index in [0.29, 0.717) is 30.6 Å². The number of fused-ring (bicyclic) bond motifs is 1. The minimum atomic E-state index is -1.78. The highest BCUT2D eigenvalue weighted by atomic mass is 28.4. The summed E-state index contributed by atoms with van der Waals surface area (Å²) in [6, 6.07) is 0. The van der Waals surface area contributed by atoms with Crippen LogP contribution >= 0.6 is 0 Å². The number of hydrogen-bond donors (Lipinski definition) is 1. The van der Waals surface area contributed by atoms with E-state index in [1.165, 1.54) is 0 Å². The molecule has 122 valence electrons. The minimum Gasteiger partial charge on any atom is -0.416 e. The molecule has 0 aliphatic heterocycles. The molecule has 3 nitrogen and oxygen atoms in total. The second kappa shape index (κ2) is 5.78. The molecule has 5 atom stereocenters. The lowest BCUT2D eigenvalue weighted by Gasteiger charge is -2.37. The molecule has 0 spiro atoms. The highest BCUT2D eigenvalue weighted by Crippen LogP contribution is 2.50. The molecule has 2 rings (SSSR count). The number of Topliss-reactive ketones (excluding diaryl/α,β-unsaturated/α-hetero) is 1. The van der Waals surface area contributed by atoms with Crippen molar-refractivity contribution >= 4 is 14.1 Å². The fraction of sp³-hybridized carbons (Fsp3) is 0.941. The molecule has 0 aromatic carbocycles. The topological polar surface area (TPSA) is 46.5 Å². The second-order valence-corrected chi connectivity index (χ2v) is 13.4. The Morgan fingerprint density at radius 3 is 2.43 bits per heavy atom. The zero-order valence-electron chi connectivity index (χ0n) is 14.5. The van der Waals surface area contributed by atoms with Crippen molar-refractivity contribution in [1.29, 1.82) is 0 Å². The zero-order chi connectivity index (χ0) is 16.0. The van der Waals surface area contributed by atoms with Gasteiger partial charge in [-0.25, -0.2) is 0 Å². The Morgan fingerprint density at radius 2 is 1.90 bits per heavy atom. The maximum absolute atomic E-state index is 12.1. The predicted octanol–water partition coefficient (Wildman–Crippen LogP) is 3.62.